The topological polar surface area (TPSA) is 62.8 Å². The minimum atomic E-state index is -0.849. The molecule has 0 amide bonds. The number of nitrogens with one attached hydrogen (secondary N) is 2. The van der Waals surface area contributed by atoms with Crippen molar-refractivity contribution in [3.63, 3.8) is 0 Å². The summed E-state index contributed by atoms with van der Waals surface area (Å²) in [7, 11) is 3.35. The van der Waals surface area contributed by atoms with E-state index >= 15 is 0 Å². The van der Waals surface area contributed by atoms with Gasteiger partial charge in [0.05, 0.1) is 19.8 Å². The van der Waals surface area contributed by atoms with Crippen LogP contribution < -0.4 is 20.1 Å². The summed E-state index contributed by atoms with van der Waals surface area (Å²) in [6.45, 7) is 8.28. The van der Waals surface area contributed by atoms with E-state index in [-0.39, 0.29) is 0 Å². The molecular weight excluding hydrogens is 340 g/mol. The van der Waals surface area contributed by atoms with Crippen molar-refractivity contribution in [1.29, 1.82) is 0 Å². The van der Waals surface area contributed by atoms with Crippen molar-refractivity contribution in [2.45, 2.75) is 39.5 Å². The highest BCUT2D eigenvalue weighted by molar-refractivity contribution is 5.37. The molecule has 3 N–H and O–H groups in total. The summed E-state index contributed by atoms with van der Waals surface area (Å²) in [5.74, 6) is 1.73. The number of ether oxygens (including phenoxy) is 2. The first-order chi connectivity index (χ1) is 12.8. The van der Waals surface area contributed by atoms with E-state index in [1.807, 2.05) is 32.0 Å². The second-order valence-electron chi connectivity index (χ2n) is 7.31. The maximum atomic E-state index is 10.6. The van der Waals surface area contributed by atoms with Crippen LogP contribution in [0.1, 0.15) is 29.2 Å². The Hall–Kier alpha value is -2.08. The van der Waals surface area contributed by atoms with Crippen LogP contribution in [0.3, 0.4) is 0 Å². The van der Waals surface area contributed by atoms with Crippen LogP contribution in [-0.4, -0.2) is 38.0 Å². The van der Waals surface area contributed by atoms with Crippen LogP contribution in [0.15, 0.2) is 36.4 Å². The molecule has 0 fully saturated rings. The maximum absolute atomic E-state index is 10.6. The lowest BCUT2D eigenvalue weighted by Crippen LogP contribution is -2.45. The Bertz CT molecular complexity index is 744. The SMILES string of the molecule is COc1ccc(CNCC(C)(O)CNCc2ccc(C)cc2OC)c(C)c1. The Balaban J connectivity index is 1.80. The monoisotopic (exact) mass is 372 g/mol. The number of hydrogen-bond acceptors (Lipinski definition) is 5. The molecule has 1 unspecified atom stereocenters. The van der Waals surface area contributed by atoms with Crippen LogP contribution in [0.2, 0.25) is 0 Å². The first-order valence-corrected chi connectivity index (χ1v) is 9.25. The highest BCUT2D eigenvalue weighted by Crippen LogP contribution is 2.20. The molecule has 2 rings (SSSR count). The third-order valence-corrected chi connectivity index (χ3v) is 4.63. The smallest absolute Gasteiger partial charge is 0.123 e. The van der Waals surface area contributed by atoms with Gasteiger partial charge in [0.2, 0.25) is 0 Å². The van der Waals surface area contributed by atoms with Gasteiger partial charge in [-0.15, -0.1) is 0 Å². The average Bonchev–Trinajstić information content (AvgIpc) is 2.63. The summed E-state index contributed by atoms with van der Waals surface area (Å²) in [6.07, 6.45) is 0. The molecule has 148 valence electrons. The van der Waals surface area contributed by atoms with Crippen LogP contribution in [0.4, 0.5) is 0 Å². The number of hydrogen-bond donors (Lipinski definition) is 3. The predicted octanol–water partition coefficient (Wildman–Crippen LogP) is 2.95. The van der Waals surface area contributed by atoms with Gasteiger partial charge in [-0.3, -0.25) is 0 Å². The largest absolute Gasteiger partial charge is 0.497 e. The van der Waals surface area contributed by atoms with Crippen molar-refractivity contribution in [2.24, 2.45) is 0 Å². The van der Waals surface area contributed by atoms with Gasteiger partial charge in [-0.25, -0.2) is 0 Å². The van der Waals surface area contributed by atoms with Crippen LogP contribution in [-0.2, 0) is 13.1 Å². The van der Waals surface area contributed by atoms with Crippen LogP contribution in [0.5, 0.6) is 11.5 Å². The first kappa shape index (κ1) is 21.2. The molecule has 27 heavy (non-hydrogen) atoms. The molecule has 0 spiro atoms. The fourth-order valence-electron chi connectivity index (χ4n) is 2.99. The zero-order chi connectivity index (χ0) is 19.9. The van der Waals surface area contributed by atoms with Gasteiger partial charge in [-0.05, 0) is 55.7 Å². The van der Waals surface area contributed by atoms with Crippen molar-refractivity contribution < 1.29 is 14.6 Å². The zero-order valence-corrected chi connectivity index (χ0v) is 17.1. The Morgan fingerprint density at radius 3 is 2.11 bits per heavy atom. The highest BCUT2D eigenvalue weighted by Gasteiger charge is 2.19. The molecule has 0 radical (unpaired) electrons. The summed E-state index contributed by atoms with van der Waals surface area (Å²) < 4.78 is 10.7. The molecule has 2 aromatic rings. The minimum Gasteiger partial charge on any atom is -0.497 e. The van der Waals surface area contributed by atoms with Crippen LogP contribution in [0, 0.1) is 13.8 Å². The molecule has 0 aliphatic rings. The number of aliphatic hydroxyl groups is 1. The Labute approximate surface area is 162 Å². The molecule has 0 saturated heterocycles. The Kier molecular flexibility index (Phi) is 7.66. The number of benzene rings is 2. The van der Waals surface area contributed by atoms with Crippen molar-refractivity contribution in [2.75, 3.05) is 27.3 Å². The lowest BCUT2D eigenvalue weighted by Gasteiger charge is -2.25. The molecule has 0 heterocycles. The first-order valence-electron chi connectivity index (χ1n) is 9.25. The molecular formula is C22H32N2O3. The molecule has 2 aromatic carbocycles. The number of methoxy groups -OCH3 is 2. The molecule has 0 aliphatic heterocycles. The van der Waals surface area contributed by atoms with Gasteiger partial charge in [0.25, 0.3) is 0 Å². The summed E-state index contributed by atoms with van der Waals surface area (Å²) in [5, 5.41) is 17.3. The fourth-order valence-corrected chi connectivity index (χ4v) is 2.99. The fraction of sp³-hybridized carbons (Fsp3) is 0.455. The highest BCUT2D eigenvalue weighted by atomic mass is 16.5. The van der Waals surface area contributed by atoms with Crippen molar-refractivity contribution in [3.8, 4) is 11.5 Å². The van der Waals surface area contributed by atoms with Crippen LogP contribution >= 0.6 is 0 Å². The van der Waals surface area contributed by atoms with Crippen molar-refractivity contribution in [1.82, 2.24) is 10.6 Å². The Morgan fingerprint density at radius 2 is 1.52 bits per heavy atom. The zero-order valence-electron chi connectivity index (χ0n) is 17.1. The molecule has 5 heteroatoms. The molecule has 0 aromatic heterocycles. The van der Waals surface area contributed by atoms with E-state index in [0.717, 1.165) is 17.1 Å². The quantitative estimate of drug-likeness (QED) is 0.599. The van der Waals surface area contributed by atoms with Gasteiger partial charge in [0.15, 0.2) is 0 Å². The van der Waals surface area contributed by atoms with E-state index in [2.05, 4.69) is 35.8 Å². The summed E-state index contributed by atoms with van der Waals surface area (Å²) in [6, 6.07) is 12.2. The van der Waals surface area contributed by atoms with Gasteiger partial charge in [-0.1, -0.05) is 18.2 Å². The summed E-state index contributed by atoms with van der Waals surface area (Å²) >= 11 is 0. The van der Waals surface area contributed by atoms with E-state index in [4.69, 9.17) is 9.47 Å². The molecule has 0 saturated carbocycles. The van der Waals surface area contributed by atoms with E-state index in [9.17, 15) is 5.11 Å². The Morgan fingerprint density at radius 1 is 0.889 bits per heavy atom. The lowest BCUT2D eigenvalue weighted by molar-refractivity contribution is 0.0588. The van der Waals surface area contributed by atoms with E-state index in [0.29, 0.717) is 26.2 Å². The minimum absolute atomic E-state index is 0.485. The maximum Gasteiger partial charge on any atom is 0.123 e. The van der Waals surface area contributed by atoms with Gasteiger partial charge in [-0.2, -0.15) is 0 Å². The van der Waals surface area contributed by atoms with Gasteiger partial charge in [0.1, 0.15) is 11.5 Å². The second-order valence-corrected chi connectivity index (χ2v) is 7.31. The molecule has 0 aliphatic carbocycles. The summed E-state index contributed by atoms with van der Waals surface area (Å²) in [4.78, 5) is 0. The van der Waals surface area contributed by atoms with Gasteiger partial charge < -0.3 is 25.2 Å². The standard InChI is InChI=1S/C22H32N2O3/c1-16-6-7-19(21(10-16)27-5)13-24-15-22(3,25)14-23-12-18-8-9-20(26-4)11-17(18)2/h6-11,23-25H,12-15H2,1-5H3. The van der Waals surface area contributed by atoms with Crippen LogP contribution in [0.25, 0.3) is 0 Å². The van der Waals surface area contributed by atoms with Gasteiger partial charge >= 0.3 is 0 Å². The molecule has 0 bridgehead atoms. The molecule has 1 atom stereocenters. The summed E-state index contributed by atoms with van der Waals surface area (Å²) in [5.41, 5.74) is 3.77. The van der Waals surface area contributed by atoms with E-state index in [1.165, 1.54) is 16.7 Å². The second kappa shape index (κ2) is 9.74. The molecule has 5 nitrogen and oxygen atoms in total. The number of rotatable bonds is 10. The third-order valence-electron chi connectivity index (χ3n) is 4.63. The average molecular weight is 373 g/mol. The normalized spacial score (nSPS) is 13.3. The van der Waals surface area contributed by atoms with Crippen molar-refractivity contribution >= 4 is 0 Å². The lowest BCUT2D eigenvalue weighted by atomic mass is 10.1. The predicted molar refractivity (Wildman–Crippen MR) is 109 cm³/mol. The van der Waals surface area contributed by atoms with E-state index in [1.54, 1.807) is 14.2 Å². The van der Waals surface area contributed by atoms with Crippen molar-refractivity contribution in [3.05, 3.63) is 58.7 Å². The van der Waals surface area contributed by atoms with Gasteiger partial charge in [0, 0.05) is 31.7 Å². The third kappa shape index (κ3) is 6.54. The number of aryl methyl sites for hydroxylation is 2. The van der Waals surface area contributed by atoms with E-state index < -0.39 is 5.60 Å².